The molecule has 6 heteroatoms. The van der Waals surface area contributed by atoms with E-state index in [4.69, 9.17) is 5.73 Å². The van der Waals surface area contributed by atoms with Crippen molar-refractivity contribution in [1.29, 1.82) is 0 Å². The van der Waals surface area contributed by atoms with Crippen LogP contribution in [0.3, 0.4) is 0 Å². The molecule has 0 aliphatic rings. The Hall–Kier alpha value is -2.37. The Bertz CT molecular complexity index is 605. The first-order chi connectivity index (χ1) is 8.99. The Labute approximate surface area is 111 Å². The van der Waals surface area contributed by atoms with E-state index in [2.05, 4.69) is 15.5 Å². The molecular formula is C13H17N5O. The van der Waals surface area contributed by atoms with E-state index >= 15 is 0 Å². The fraction of sp³-hybridized carbons (Fsp3) is 0.308. The summed E-state index contributed by atoms with van der Waals surface area (Å²) in [4.78, 5) is 12.1. The lowest BCUT2D eigenvalue weighted by Crippen LogP contribution is -2.28. The van der Waals surface area contributed by atoms with Crippen LogP contribution in [-0.4, -0.2) is 20.7 Å². The standard InChI is InChI=1S/C13H17N5O/c1-8-4-5-10(6-11(8)14)13(19)16-9(2)12-17-15-7-18(12)3/h4-7,9H,14H2,1-3H3,(H,16,19). The third-order valence-corrected chi connectivity index (χ3v) is 3.02. The molecule has 0 saturated heterocycles. The molecule has 1 unspecified atom stereocenters. The maximum absolute atomic E-state index is 12.1. The van der Waals surface area contributed by atoms with Crippen molar-refractivity contribution < 1.29 is 4.79 Å². The number of anilines is 1. The molecule has 1 heterocycles. The van der Waals surface area contributed by atoms with Gasteiger partial charge in [0.1, 0.15) is 6.33 Å². The second kappa shape index (κ2) is 5.09. The lowest BCUT2D eigenvalue weighted by atomic mass is 10.1. The monoisotopic (exact) mass is 259 g/mol. The van der Waals surface area contributed by atoms with Crippen molar-refractivity contribution in [3.8, 4) is 0 Å². The van der Waals surface area contributed by atoms with E-state index in [1.165, 1.54) is 0 Å². The minimum atomic E-state index is -0.220. The van der Waals surface area contributed by atoms with Gasteiger partial charge in [-0.1, -0.05) is 6.07 Å². The molecule has 0 radical (unpaired) electrons. The number of rotatable bonds is 3. The molecule has 0 bridgehead atoms. The van der Waals surface area contributed by atoms with Gasteiger partial charge in [-0.2, -0.15) is 0 Å². The Balaban J connectivity index is 2.13. The maximum Gasteiger partial charge on any atom is 0.251 e. The Morgan fingerprint density at radius 3 is 2.79 bits per heavy atom. The minimum Gasteiger partial charge on any atom is -0.398 e. The molecule has 0 saturated carbocycles. The van der Waals surface area contributed by atoms with Crippen LogP contribution in [0.4, 0.5) is 5.69 Å². The number of hydrogen-bond donors (Lipinski definition) is 2. The number of benzene rings is 1. The predicted octanol–water partition coefficient (Wildman–Crippen LogP) is 1.20. The molecule has 100 valence electrons. The number of hydrogen-bond acceptors (Lipinski definition) is 4. The van der Waals surface area contributed by atoms with Crippen molar-refractivity contribution in [2.24, 2.45) is 7.05 Å². The van der Waals surface area contributed by atoms with Crippen LogP contribution in [0.25, 0.3) is 0 Å². The highest BCUT2D eigenvalue weighted by molar-refractivity contribution is 5.95. The number of nitrogens with two attached hydrogens (primary N) is 1. The van der Waals surface area contributed by atoms with E-state index in [0.29, 0.717) is 17.1 Å². The molecule has 3 N–H and O–H groups in total. The predicted molar refractivity (Wildman–Crippen MR) is 72.5 cm³/mol. The first kappa shape index (κ1) is 13.1. The first-order valence-corrected chi connectivity index (χ1v) is 6.00. The van der Waals surface area contributed by atoms with Crippen molar-refractivity contribution >= 4 is 11.6 Å². The summed E-state index contributed by atoms with van der Waals surface area (Å²) in [6, 6.07) is 5.04. The lowest BCUT2D eigenvalue weighted by Gasteiger charge is -2.13. The molecule has 19 heavy (non-hydrogen) atoms. The van der Waals surface area contributed by atoms with Gasteiger partial charge >= 0.3 is 0 Å². The zero-order valence-electron chi connectivity index (χ0n) is 11.2. The molecule has 2 rings (SSSR count). The summed E-state index contributed by atoms with van der Waals surface area (Å²) in [6.07, 6.45) is 1.60. The summed E-state index contributed by atoms with van der Waals surface area (Å²) in [6.45, 7) is 3.76. The van der Waals surface area contributed by atoms with Gasteiger partial charge in [0, 0.05) is 18.3 Å². The number of carbonyl (C=O) groups is 1. The zero-order valence-corrected chi connectivity index (χ0v) is 11.2. The van der Waals surface area contributed by atoms with E-state index in [0.717, 1.165) is 5.56 Å². The van der Waals surface area contributed by atoms with Crippen molar-refractivity contribution in [3.05, 3.63) is 41.5 Å². The highest BCUT2D eigenvalue weighted by Gasteiger charge is 2.15. The smallest absolute Gasteiger partial charge is 0.251 e. The molecule has 1 atom stereocenters. The molecule has 1 aromatic carbocycles. The van der Waals surface area contributed by atoms with Crippen molar-refractivity contribution in [3.63, 3.8) is 0 Å². The van der Waals surface area contributed by atoms with E-state index < -0.39 is 0 Å². The third-order valence-electron chi connectivity index (χ3n) is 3.02. The number of carbonyl (C=O) groups excluding carboxylic acids is 1. The summed E-state index contributed by atoms with van der Waals surface area (Å²) >= 11 is 0. The van der Waals surface area contributed by atoms with Gasteiger partial charge in [0.25, 0.3) is 5.91 Å². The molecule has 1 aromatic heterocycles. The number of aromatic nitrogens is 3. The normalized spacial score (nSPS) is 12.2. The quantitative estimate of drug-likeness (QED) is 0.811. The van der Waals surface area contributed by atoms with E-state index in [1.54, 1.807) is 23.0 Å². The van der Waals surface area contributed by atoms with Gasteiger partial charge in [0.2, 0.25) is 0 Å². The van der Waals surface area contributed by atoms with Crippen molar-refractivity contribution in [2.45, 2.75) is 19.9 Å². The number of nitrogen functional groups attached to an aromatic ring is 1. The SMILES string of the molecule is Cc1ccc(C(=O)NC(C)c2nncn2C)cc1N. The minimum absolute atomic E-state index is 0.179. The summed E-state index contributed by atoms with van der Waals surface area (Å²) in [5.41, 5.74) is 7.91. The van der Waals surface area contributed by atoms with E-state index in [-0.39, 0.29) is 11.9 Å². The van der Waals surface area contributed by atoms with Gasteiger partial charge in [-0.25, -0.2) is 0 Å². The van der Waals surface area contributed by atoms with Gasteiger partial charge in [-0.15, -0.1) is 10.2 Å². The van der Waals surface area contributed by atoms with Crippen LogP contribution in [0.2, 0.25) is 0 Å². The molecular weight excluding hydrogens is 242 g/mol. The Morgan fingerprint density at radius 2 is 2.21 bits per heavy atom. The molecule has 0 aliphatic heterocycles. The summed E-state index contributed by atoms with van der Waals surface area (Å²) in [5, 5.41) is 10.6. The Kier molecular flexibility index (Phi) is 3.50. The van der Waals surface area contributed by atoms with Gasteiger partial charge in [0.15, 0.2) is 5.82 Å². The Morgan fingerprint density at radius 1 is 1.47 bits per heavy atom. The van der Waals surface area contributed by atoms with E-state index in [1.807, 2.05) is 27.0 Å². The van der Waals surface area contributed by atoms with Gasteiger partial charge in [0.05, 0.1) is 6.04 Å². The summed E-state index contributed by atoms with van der Waals surface area (Å²) in [5.74, 6) is 0.524. The molecule has 0 aliphatic carbocycles. The van der Waals surface area contributed by atoms with Gasteiger partial charge in [-0.3, -0.25) is 4.79 Å². The first-order valence-electron chi connectivity index (χ1n) is 6.00. The average molecular weight is 259 g/mol. The van der Waals surface area contributed by atoms with Crippen molar-refractivity contribution in [1.82, 2.24) is 20.1 Å². The molecule has 0 fully saturated rings. The molecule has 0 spiro atoms. The summed E-state index contributed by atoms with van der Waals surface area (Å²) < 4.78 is 1.77. The van der Waals surface area contributed by atoms with Crippen LogP contribution >= 0.6 is 0 Å². The van der Waals surface area contributed by atoms with Crippen LogP contribution < -0.4 is 11.1 Å². The second-order valence-electron chi connectivity index (χ2n) is 4.57. The molecule has 6 nitrogen and oxygen atoms in total. The zero-order chi connectivity index (χ0) is 14.0. The fourth-order valence-corrected chi connectivity index (χ4v) is 1.81. The largest absolute Gasteiger partial charge is 0.398 e. The highest BCUT2D eigenvalue weighted by Crippen LogP contribution is 2.14. The fourth-order valence-electron chi connectivity index (χ4n) is 1.81. The molecule has 1 amide bonds. The van der Waals surface area contributed by atoms with Gasteiger partial charge in [-0.05, 0) is 31.5 Å². The maximum atomic E-state index is 12.1. The number of aryl methyl sites for hydroxylation is 2. The van der Waals surface area contributed by atoms with Gasteiger partial charge < -0.3 is 15.6 Å². The van der Waals surface area contributed by atoms with Crippen LogP contribution in [0.1, 0.15) is 34.7 Å². The number of nitrogens with one attached hydrogen (secondary N) is 1. The summed E-state index contributed by atoms with van der Waals surface area (Å²) in [7, 11) is 1.84. The van der Waals surface area contributed by atoms with Crippen LogP contribution in [0.15, 0.2) is 24.5 Å². The average Bonchev–Trinajstić information content (AvgIpc) is 2.79. The van der Waals surface area contributed by atoms with Crippen molar-refractivity contribution in [2.75, 3.05) is 5.73 Å². The van der Waals surface area contributed by atoms with E-state index in [9.17, 15) is 4.79 Å². The second-order valence-corrected chi connectivity index (χ2v) is 4.57. The molecule has 2 aromatic rings. The van der Waals surface area contributed by atoms with Crippen LogP contribution in [0.5, 0.6) is 0 Å². The topological polar surface area (TPSA) is 85.8 Å². The lowest BCUT2D eigenvalue weighted by molar-refractivity contribution is 0.0938. The third kappa shape index (κ3) is 2.73. The number of amides is 1. The number of nitrogens with zero attached hydrogens (tertiary/aromatic N) is 3. The van der Waals surface area contributed by atoms with Crippen LogP contribution in [0, 0.1) is 6.92 Å². The van der Waals surface area contributed by atoms with Crippen LogP contribution in [-0.2, 0) is 7.05 Å². The highest BCUT2D eigenvalue weighted by atomic mass is 16.1.